The van der Waals surface area contributed by atoms with Gasteiger partial charge in [0.2, 0.25) is 5.95 Å². The van der Waals surface area contributed by atoms with Gasteiger partial charge >= 0.3 is 0 Å². The summed E-state index contributed by atoms with van der Waals surface area (Å²) in [5.41, 5.74) is 0.762. The summed E-state index contributed by atoms with van der Waals surface area (Å²) in [6, 6.07) is 3.74. The maximum atomic E-state index is 5.84. The second-order valence-electron chi connectivity index (χ2n) is 3.25. The summed E-state index contributed by atoms with van der Waals surface area (Å²) in [6.07, 6.45) is 3.51. The predicted molar refractivity (Wildman–Crippen MR) is 61.3 cm³/mol. The Labute approximate surface area is 92.6 Å². The van der Waals surface area contributed by atoms with E-state index in [1.165, 1.54) is 0 Å². The summed E-state index contributed by atoms with van der Waals surface area (Å²) in [4.78, 5) is 4.28. The fraction of sp³-hybridized carbons (Fsp3) is 0.200. The molecule has 0 saturated carbocycles. The SMILES string of the molecule is C=CC(C)Nc1nc2ccc(Cl)cn2n1. The number of hydrogen-bond donors (Lipinski definition) is 1. The third-order valence-corrected chi connectivity index (χ3v) is 2.23. The van der Waals surface area contributed by atoms with Crippen molar-refractivity contribution in [3.05, 3.63) is 36.0 Å². The van der Waals surface area contributed by atoms with Crippen LogP contribution < -0.4 is 5.32 Å². The second kappa shape index (κ2) is 3.90. The maximum absolute atomic E-state index is 5.84. The molecule has 2 heterocycles. The molecule has 0 aromatic carbocycles. The van der Waals surface area contributed by atoms with Crippen LogP contribution in [0.25, 0.3) is 5.65 Å². The topological polar surface area (TPSA) is 42.2 Å². The van der Waals surface area contributed by atoms with Crippen molar-refractivity contribution in [2.45, 2.75) is 13.0 Å². The van der Waals surface area contributed by atoms with Crippen LogP contribution in [0, 0.1) is 0 Å². The molecule has 15 heavy (non-hydrogen) atoms. The van der Waals surface area contributed by atoms with Crippen molar-refractivity contribution in [1.29, 1.82) is 0 Å². The molecule has 0 fully saturated rings. The largest absolute Gasteiger partial charge is 0.347 e. The van der Waals surface area contributed by atoms with Crippen molar-refractivity contribution in [1.82, 2.24) is 14.6 Å². The molecule has 2 aromatic heterocycles. The first-order valence-electron chi connectivity index (χ1n) is 4.60. The first kappa shape index (κ1) is 9.98. The maximum Gasteiger partial charge on any atom is 0.243 e. The third kappa shape index (κ3) is 2.10. The van der Waals surface area contributed by atoms with Gasteiger partial charge in [0.05, 0.1) is 5.02 Å². The minimum absolute atomic E-state index is 0.137. The standard InChI is InChI=1S/C10H11ClN4/c1-3-7(2)12-10-13-9-5-4-8(11)6-15(9)14-10/h3-7H,1H2,2H3,(H,12,14). The van der Waals surface area contributed by atoms with Gasteiger partial charge in [-0.25, -0.2) is 4.52 Å². The van der Waals surface area contributed by atoms with Crippen LogP contribution in [-0.4, -0.2) is 20.6 Å². The zero-order valence-corrected chi connectivity index (χ0v) is 9.07. The average Bonchev–Trinajstić information content (AvgIpc) is 2.59. The number of rotatable bonds is 3. The summed E-state index contributed by atoms with van der Waals surface area (Å²) < 4.78 is 1.64. The first-order chi connectivity index (χ1) is 7.19. The van der Waals surface area contributed by atoms with E-state index in [2.05, 4.69) is 22.0 Å². The molecule has 2 aromatic rings. The zero-order chi connectivity index (χ0) is 10.8. The minimum atomic E-state index is 0.137. The van der Waals surface area contributed by atoms with Crippen LogP contribution >= 0.6 is 11.6 Å². The number of anilines is 1. The highest BCUT2D eigenvalue weighted by Crippen LogP contribution is 2.11. The van der Waals surface area contributed by atoms with E-state index in [9.17, 15) is 0 Å². The molecule has 0 amide bonds. The van der Waals surface area contributed by atoms with E-state index < -0.39 is 0 Å². The highest BCUT2D eigenvalue weighted by molar-refractivity contribution is 6.30. The number of fused-ring (bicyclic) bond motifs is 1. The molecule has 5 heteroatoms. The van der Waals surface area contributed by atoms with Gasteiger partial charge in [-0.1, -0.05) is 17.7 Å². The summed E-state index contributed by atoms with van der Waals surface area (Å²) >= 11 is 5.84. The molecule has 1 atom stereocenters. The number of pyridine rings is 1. The van der Waals surface area contributed by atoms with Crippen LogP contribution in [0.3, 0.4) is 0 Å². The lowest BCUT2D eigenvalue weighted by Gasteiger charge is -2.04. The van der Waals surface area contributed by atoms with Crippen LogP contribution in [0.4, 0.5) is 5.95 Å². The number of nitrogens with zero attached hydrogens (tertiary/aromatic N) is 3. The highest BCUT2D eigenvalue weighted by Gasteiger charge is 2.04. The summed E-state index contributed by atoms with van der Waals surface area (Å²) in [6.45, 7) is 5.66. The molecule has 0 saturated heterocycles. The fourth-order valence-electron chi connectivity index (χ4n) is 1.18. The van der Waals surface area contributed by atoms with Gasteiger partial charge in [0, 0.05) is 12.2 Å². The lowest BCUT2D eigenvalue weighted by molar-refractivity contribution is 0.922. The molecule has 1 N–H and O–H groups in total. The van der Waals surface area contributed by atoms with Crippen molar-refractivity contribution in [3.8, 4) is 0 Å². The second-order valence-corrected chi connectivity index (χ2v) is 3.69. The van der Waals surface area contributed by atoms with Crippen LogP contribution in [0.2, 0.25) is 5.02 Å². The smallest absolute Gasteiger partial charge is 0.243 e. The average molecular weight is 223 g/mol. The Morgan fingerprint density at radius 2 is 2.40 bits per heavy atom. The van der Waals surface area contributed by atoms with Crippen LogP contribution in [-0.2, 0) is 0 Å². The highest BCUT2D eigenvalue weighted by atomic mass is 35.5. The lowest BCUT2D eigenvalue weighted by atomic mass is 10.3. The molecule has 0 aliphatic rings. The molecule has 4 nitrogen and oxygen atoms in total. The molecule has 78 valence electrons. The molecule has 0 aliphatic carbocycles. The van der Waals surface area contributed by atoms with E-state index >= 15 is 0 Å². The number of halogens is 1. The van der Waals surface area contributed by atoms with Crippen LogP contribution in [0.1, 0.15) is 6.92 Å². The summed E-state index contributed by atoms with van der Waals surface area (Å²) in [5, 5.41) is 7.95. The van der Waals surface area contributed by atoms with E-state index in [0.29, 0.717) is 11.0 Å². The van der Waals surface area contributed by atoms with E-state index in [4.69, 9.17) is 11.6 Å². The molecule has 0 aliphatic heterocycles. The van der Waals surface area contributed by atoms with Gasteiger partial charge in [-0.2, -0.15) is 4.98 Å². The minimum Gasteiger partial charge on any atom is -0.347 e. The zero-order valence-electron chi connectivity index (χ0n) is 8.31. The monoisotopic (exact) mass is 222 g/mol. The Bertz CT molecular complexity index is 491. The van der Waals surface area contributed by atoms with Gasteiger partial charge < -0.3 is 5.32 Å². The van der Waals surface area contributed by atoms with Crippen molar-refractivity contribution in [2.75, 3.05) is 5.32 Å². The Morgan fingerprint density at radius 3 is 3.13 bits per heavy atom. The van der Waals surface area contributed by atoms with Gasteiger partial charge in [-0.15, -0.1) is 11.7 Å². The Balaban J connectivity index is 2.34. The molecule has 1 unspecified atom stereocenters. The van der Waals surface area contributed by atoms with Crippen LogP contribution in [0.5, 0.6) is 0 Å². The summed E-state index contributed by atoms with van der Waals surface area (Å²) in [5.74, 6) is 0.574. The molecular formula is C10H11ClN4. The van der Waals surface area contributed by atoms with E-state index in [-0.39, 0.29) is 6.04 Å². The van der Waals surface area contributed by atoms with Crippen LogP contribution in [0.15, 0.2) is 31.0 Å². The Hall–Kier alpha value is -1.55. The van der Waals surface area contributed by atoms with Gasteiger partial charge in [0.1, 0.15) is 0 Å². The Morgan fingerprint density at radius 1 is 1.60 bits per heavy atom. The number of hydrogen-bond acceptors (Lipinski definition) is 3. The van der Waals surface area contributed by atoms with Crippen molar-refractivity contribution >= 4 is 23.2 Å². The molecule has 0 radical (unpaired) electrons. The predicted octanol–water partition coefficient (Wildman–Crippen LogP) is 2.37. The van der Waals surface area contributed by atoms with Gasteiger partial charge in [-0.05, 0) is 19.1 Å². The van der Waals surface area contributed by atoms with Crippen molar-refractivity contribution < 1.29 is 0 Å². The van der Waals surface area contributed by atoms with Crippen molar-refractivity contribution in [2.24, 2.45) is 0 Å². The quantitative estimate of drug-likeness (QED) is 0.811. The van der Waals surface area contributed by atoms with E-state index in [1.54, 1.807) is 22.9 Å². The van der Waals surface area contributed by atoms with Gasteiger partial charge in [-0.3, -0.25) is 0 Å². The molecular weight excluding hydrogens is 212 g/mol. The van der Waals surface area contributed by atoms with E-state index in [1.807, 2.05) is 13.0 Å². The fourth-order valence-corrected chi connectivity index (χ4v) is 1.34. The molecule has 2 rings (SSSR count). The number of nitrogens with one attached hydrogen (secondary N) is 1. The third-order valence-electron chi connectivity index (χ3n) is 2.01. The first-order valence-corrected chi connectivity index (χ1v) is 4.98. The van der Waals surface area contributed by atoms with Gasteiger partial charge in [0.15, 0.2) is 5.65 Å². The lowest BCUT2D eigenvalue weighted by Crippen LogP contribution is -2.12. The molecule has 0 bridgehead atoms. The number of aromatic nitrogens is 3. The summed E-state index contributed by atoms with van der Waals surface area (Å²) in [7, 11) is 0. The van der Waals surface area contributed by atoms with Gasteiger partial charge in [0.25, 0.3) is 0 Å². The molecule has 0 spiro atoms. The Kier molecular flexibility index (Phi) is 2.60. The normalized spacial score (nSPS) is 12.7. The van der Waals surface area contributed by atoms with E-state index in [0.717, 1.165) is 5.65 Å². The van der Waals surface area contributed by atoms with Crippen molar-refractivity contribution in [3.63, 3.8) is 0 Å².